The van der Waals surface area contributed by atoms with E-state index in [0.29, 0.717) is 55.9 Å². The number of piperidine rings is 2. The molecule has 4 fully saturated rings. The highest BCUT2D eigenvalue weighted by Gasteiger charge is 2.48. The first-order valence-electron chi connectivity index (χ1n) is 19.3. The van der Waals surface area contributed by atoms with Crippen molar-refractivity contribution in [2.75, 3.05) is 43.1 Å². The highest BCUT2D eigenvalue weighted by atomic mass is 35.5. The lowest BCUT2D eigenvalue weighted by Crippen LogP contribution is -2.47. The van der Waals surface area contributed by atoms with Crippen molar-refractivity contribution < 1.29 is 14.3 Å². The van der Waals surface area contributed by atoms with E-state index in [1.54, 1.807) is 30.5 Å². The van der Waals surface area contributed by atoms with Gasteiger partial charge in [-0.15, -0.1) is 0 Å². The van der Waals surface area contributed by atoms with Gasteiger partial charge in [-0.1, -0.05) is 77.1 Å². The molecular formula is C41H46Cl4N8O3. The van der Waals surface area contributed by atoms with Crippen molar-refractivity contribution in [1.82, 2.24) is 19.9 Å². The van der Waals surface area contributed by atoms with Gasteiger partial charge in [0.15, 0.2) is 5.69 Å². The van der Waals surface area contributed by atoms with Crippen LogP contribution >= 0.6 is 46.4 Å². The Morgan fingerprint density at radius 2 is 1.36 bits per heavy atom. The molecule has 0 amide bonds. The number of carbonyl (C=O) groups is 1. The molecule has 4 aliphatic rings. The zero-order valence-electron chi connectivity index (χ0n) is 31.3. The highest BCUT2D eigenvalue weighted by molar-refractivity contribution is 6.44. The molecule has 2 aliphatic heterocycles. The molecule has 56 heavy (non-hydrogen) atoms. The van der Waals surface area contributed by atoms with Crippen LogP contribution in [0.5, 0.6) is 0 Å². The molecule has 2 aromatic carbocycles. The van der Waals surface area contributed by atoms with Crippen molar-refractivity contribution in [2.45, 2.75) is 82.6 Å². The summed E-state index contributed by atoms with van der Waals surface area (Å²) in [5, 5.41) is 1.55. The Balaban J connectivity index is 0.966. The normalized spacial score (nSPS) is 22.9. The molecule has 2 saturated heterocycles. The summed E-state index contributed by atoms with van der Waals surface area (Å²) in [6, 6.07) is 11.0. The number of benzene rings is 2. The standard InChI is InChI=1S/C41H46Cl4N8O3/c1-55-39(54)38-37(26-6-3-8-28(43)35(26)45)49-22-33(51-38)53-17-13-41(14-18-53)20-24(19-31(41)47)56-23-29-36(25-5-2-7-27(42)34(25)44)48-21-32(50-29)52-15-11-40(12-16-52)10-4-9-30(40)46/h2-3,5-8,21-22,24,30-31H,4,9-20,23,46-47H2,1H3/t24?,30-,31-/m1/s1. The number of nitrogens with zero attached hydrogens (tertiary/aromatic N) is 6. The Kier molecular flexibility index (Phi) is 11.4. The van der Waals surface area contributed by atoms with Gasteiger partial charge in [-0.25, -0.2) is 19.7 Å². The minimum Gasteiger partial charge on any atom is -0.464 e. The molecule has 0 bridgehead atoms. The van der Waals surface area contributed by atoms with Crippen molar-refractivity contribution in [3.63, 3.8) is 0 Å². The largest absolute Gasteiger partial charge is 0.464 e. The second kappa shape index (κ2) is 16.2. The molecule has 2 spiro atoms. The molecule has 4 N–H and O–H groups in total. The van der Waals surface area contributed by atoms with Crippen LogP contribution in [0, 0.1) is 10.8 Å². The Morgan fingerprint density at radius 1 is 0.786 bits per heavy atom. The Bertz CT molecular complexity index is 2110. The summed E-state index contributed by atoms with van der Waals surface area (Å²) in [6.45, 7) is 3.44. The van der Waals surface area contributed by atoms with E-state index in [2.05, 4.69) is 14.8 Å². The number of halogens is 4. The van der Waals surface area contributed by atoms with Crippen molar-refractivity contribution in [1.29, 1.82) is 0 Å². The fourth-order valence-corrected chi connectivity index (χ4v) is 10.3. The fraction of sp³-hybridized carbons (Fsp3) is 0.488. The van der Waals surface area contributed by atoms with Crippen LogP contribution < -0.4 is 21.3 Å². The minimum absolute atomic E-state index is 0.0411. The van der Waals surface area contributed by atoms with Crippen LogP contribution in [0.15, 0.2) is 48.8 Å². The number of rotatable bonds is 8. The molecule has 3 atom stereocenters. The van der Waals surface area contributed by atoms with Crippen molar-refractivity contribution >= 4 is 64.0 Å². The number of methoxy groups -OCH3 is 1. The molecule has 1 unspecified atom stereocenters. The van der Waals surface area contributed by atoms with Crippen LogP contribution in [0.4, 0.5) is 11.6 Å². The van der Waals surface area contributed by atoms with E-state index in [-0.39, 0.29) is 41.3 Å². The summed E-state index contributed by atoms with van der Waals surface area (Å²) < 4.78 is 11.8. The monoisotopic (exact) mass is 838 g/mol. The number of ether oxygens (including phenoxy) is 2. The SMILES string of the molecule is COC(=O)c1nc(N2CCC3(CC2)CC(OCc2nc(N4CCC5(CCC[C@H]5N)CC4)cnc2-c2cccc(Cl)c2Cl)C[C@H]3N)cnc1-c1cccc(Cl)c1Cl. The van der Waals surface area contributed by atoms with E-state index in [4.69, 9.17) is 82.3 Å². The fourth-order valence-electron chi connectivity index (χ4n) is 9.51. The smallest absolute Gasteiger partial charge is 0.359 e. The van der Waals surface area contributed by atoms with Crippen LogP contribution in [-0.4, -0.2) is 77.4 Å². The van der Waals surface area contributed by atoms with E-state index in [1.807, 2.05) is 18.3 Å². The lowest BCUT2D eigenvalue weighted by Gasteiger charge is -2.42. The highest BCUT2D eigenvalue weighted by Crippen LogP contribution is 2.48. The lowest BCUT2D eigenvalue weighted by molar-refractivity contribution is 0.0323. The third-order valence-electron chi connectivity index (χ3n) is 12.9. The first-order chi connectivity index (χ1) is 27.0. The van der Waals surface area contributed by atoms with Crippen LogP contribution in [-0.2, 0) is 16.1 Å². The van der Waals surface area contributed by atoms with Crippen LogP contribution in [0.25, 0.3) is 22.5 Å². The third kappa shape index (κ3) is 7.45. The summed E-state index contributed by atoms with van der Waals surface area (Å²) in [4.78, 5) is 36.8. The van der Waals surface area contributed by atoms with Gasteiger partial charge in [0.1, 0.15) is 17.3 Å². The zero-order valence-corrected chi connectivity index (χ0v) is 34.3. The molecule has 4 aromatic rings. The number of carbonyl (C=O) groups excluding carboxylic acids is 1. The Labute approximate surface area is 347 Å². The maximum absolute atomic E-state index is 12.9. The molecule has 8 rings (SSSR count). The number of aromatic nitrogens is 4. The zero-order chi connectivity index (χ0) is 39.2. The van der Waals surface area contributed by atoms with Gasteiger partial charge >= 0.3 is 5.97 Å². The maximum Gasteiger partial charge on any atom is 0.359 e. The second-order valence-corrected chi connectivity index (χ2v) is 17.4. The van der Waals surface area contributed by atoms with E-state index in [1.165, 1.54) is 20.0 Å². The average Bonchev–Trinajstić information content (AvgIpc) is 3.72. The van der Waals surface area contributed by atoms with Crippen LogP contribution in [0.1, 0.15) is 74.0 Å². The summed E-state index contributed by atoms with van der Waals surface area (Å²) in [6.07, 6.45) is 12.3. The lowest BCUT2D eigenvalue weighted by atomic mass is 9.74. The van der Waals surface area contributed by atoms with E-state index >= 15 is 0 Å². The second-order valence-electron chi connectivity index (χ2n) is 15.8. The molecule has 11 nitrogen and oxygen atoms in total. The Morgan fingerprint density at radius 3 is 1.95 bits per heavy atom. The molecule has 15 heteroatoms. The van der Waals surface area contributed by atoms with Crippen LogP contribution in [0.3, 0.4) is 0 Å². The van der Waals surface area contributed by atoms with E-state index in [0.717, 1.165) is 75.1 Å². The van der Waals surface area contributed by atoms with Crippen molar-refractivity contribution in [3.05, 3.63) is 80.3 Å². The maximum atomic E-state index is 12.9. The van der Waals surface area contributed by atoms with Crippen LogP contribution in [0.2, 0.25) is 20.1 Å². The first-order valence-corrected chi connectivity index (χ1v) is 20.8. The average molecular weight is 841 g/mol. The van der Waals surface area contributed by atoms with Gasteiger partial charge in [-0.3, -0.25) is 4.98 Å². The topological polar surface area (TPSA) is 146 Å². The van der Waals surface area contributed by atoms with Crippen molar-refractivity contribution in [3.8, 4) is 22.5 Å². The van der Waals surface area contributed by atoms with Crippen molar-refractivity contribution in [2.24, 2.45) is 22.3 Å². The van der Waals surface area contributed by atoms with Gasteiger partial charge in [-0.05, 0) is 74.3 Å². The predicted molar refractivity (Wildman–Crippen MR) is 222 cm³/mol. The van der Waals surface area contributed by atoms with Gasteiger partial charge in [-0.2, -0.15) is 0 Å². The summed E-state index contributed by atoms with van der Waals surface area (Å²) in [7, 11) is 1.32. The molecule has 296 valence electrons. The molecule has 2 saturated carbocycles. The molecule has 0 radical (unpaired) electrons. The van der Waals surface area contributed by atoms with Gasteiger partial charge in [0.05, 0.1) is 63.7 Å². The quantitative estimate of drug-likeness (QED) is 0.165. The Hall–Kier alpha value is -3.29. The number of hydrogen-bond acceptors (Lipinski definition) is 11. The van der Waals surface area contributed by atoms with Gasteiger partial charge in [0, 0.05) is 49.4 Å². The summed E-state index contributed by atoms with van der Waals surface area (Å²) >= 11 is 25.9. The van der Waals surface area contributed by atoms with E-state index < -0.39 is 5.97 Å². The molecule has 2 aliphatic carbocycles. The van der Waals surface area contributed by atoms with Gasteiger partial charge in [0.25, 0.3) is 0 Å². The minimum atomic E-state index is -0.606. The number of anilines is 2. The molecular weight excluding hydrogens is 794 g/mol. The number of hydrogen-bond donors (Lipinski definition) is 2. The number of nitrogens with two attached hydrogens (primary N) is 2. The van der Waals surface area contributed by atoms with Gasteiger partial charge in [0.2, 0.25) is 0 Å². The summed E-state index contributed by atoms with van der Waals surface area (Å²) in [5.41, 5.74) is 16.7. The molecule has 4 heterocycles. The third-order valence-corrected chi connectivity index (χ3v) is 14.6. The van der Waals surface area contributed by atoms with E-state index in [9.17, 15) is 4.79 Å². The summed E-state index contributed by atoms with van der Waals surface area (Å²) in [5.74, 6) is 0.814. The van der Waals surface area contributed by atoms with Gasteiger partial charge < -0.3 is 30.7 Å². The molecule has 2 aromatic heterocycles. The first kappa shape index (κ1) is 39.5. The number of esters is 1. The predicted octanol–water partition coefficient (Wildman–Crippen LogP) is 8.39.